The molecule has 2 N–H and O–H groups in total. The van der Waals surface area contributed by atoms with E-state index < -0.39 is 0 Å². The van der Waals surface area contributed by atoms with E-state index in [9.17, 15) is 4.79 Å². The summed E-state index contributed by atoms with van der Waals surface area (Å²) in [4.78, 5) is 23.7. The van der Waals surface area contributed by atoms with Gasteiger partial charge in [0, 0.05) is 24.2 Å². The third-order valence-corrected chi connectivity index (χ3v) is 5.26. The fourth-order valence-electron chi connectivity index (χ4n) is 3.78. The Morgan fingerprint density at radius 1 is 1.10 bits per heavy atom. The highest BCUT2D eigenvalue weighted by Gasteiger charge is 2.25. The third kappa shape index (κ3) is 3.33. The second kappa shape index (κ2) is 7.48. The molecule has 4 aromatic rings. The van der Waals surface area contributed by atoms with E-state index in [1.54, 1.807) is 35.5 Å². The summed E-state index contributed by atoms with van der Waals surface area (Å²) < 4.78 is 5.88. The van der Waals surface area contributed by atoms with E-state index in [0.717, 1.165) is 39.9 Å². The predicted octanol–water partition coefficient (Wildman–Crippen LogP) is 3.99. The Morgan fingerprint density at radius 3 is 2.87 bits per heavy atom. The number of aromatic nitrogens is 2. The molecule has 1 aliphatic heterocycles. The smallest absolute Gasteiger partial charge is 0.260 e. The molecule has 0 radical (unpaired) electrons. The van der Waals surface area contributed by atoms with Crippen molar-refractivity contribution in [2.24, 2.45) is 0 Å². The molecule has 1 aliphatic rings. The van der Waals surface area contributed by atoms with Crippen LogP contribution in [-0.4, -0.2) is 22.5 Å². The van der Waals surface area contributed by atoms with Crippen molar-refractivity contribution in [3.63, 3.8) is 0 Å². The van der Waals surface area contributed by atoms with E-state index in [1.165, 1.54) is 0 Å². The van der Waals surface area contributed by atoms with Gasteiger partial charge >= 0.3 is 0 Å². The number of ether oxygens (including phenoxy) is 1. The highest BCUT2D eigenvalue weighted by molar-refractivity contribution is 6.06. The number of benzene rings is 2. The maximum absolute atomic E-state index is 13.5. The number of nitrogens with two attached hydrogens (primary N) is 1. The van der Waals surface area contributed by atoms with Gasteiger partial charge in [-0.1, -0.05) is 24.3 Å². The predicted molar refractivity (Wildman–Crippen MR) is 117 cm³/mol. The number of anilines is 2. The van der Waals surface area contributed by atoms with Crippen LogP contribution in [0.2, 0.25) is 0 Å². The molecule has 0 fully saturated rings. The van der Waals surface area contributed by atoms with Crippen LogP contribution in [0.25, 0.3) is 10.9 Å². The molecule has 0 aliphatic carbocycles. The summed E-state index contributed by atoms with van der Waals surface area (Å²) in [6.07, 6.45) is 4.09. The molecule has 0 bridgehead atoms. The molecule has 2 aromatic carbocycles. The summed E-state index contributed by atoms with van der Waals surface area (Å²) >= 11 is 0. The quantitative estimate of drug-likeness (QED) is 0.564. The first-order valence-electron chi connectivity index (χ1n) is 9.81. The standard InChI is InChI=1S/C24H20N4O2/c25-22-9-8-17-7-6-16(13-20(17)27-22)15-28(24(29)19-4-2-11-26-14-19)21-5-1-3-18-10-12-30-23(18)21/h1-9,11,13-14H,10,12,15H2,(H2,25,27). The number of rotatable bonds is 4. The number of amides is 1. The fraction of sp³-hybridized carbons (Fsp3) is 0.125. The Balaban J connectivity index is 1.58. The first-order valence-corrected chi connectivity index (χ1v) is 9.81. The number of carbonyl (C=O) groups is 1. The van der Waals surface area contributed by atoms with Crippen LogP contribution in [0.3, 0.4) is 0 Å². The summed E-state index contributed by atoms with van der Waals surface area (Å²) in [5.74, 6) is 1.11. The third-order valence-electron chi connectivity index (χ3n) is 5.26. The zero-order valence-electron chi connectivity index (χ0n) is 16.3. The van der Waals surface area contributed by atoms with Crippen LogP contribution < -0.4 is 15.4 Å². The molecule has 30 heavy (non-hydrogen) atoms. The number of hydrogen-bond donors (Lipinski definition) is 1. The highest BCUT2D eigenvalue weighted by Crippen LogP contribution is 2.37. The number of para-hydroxylation sites is 1. The molecule has 0 saturated carbocycles. The van der Waals surface area contributed by atoms with Crippen molar-refractivity contribution in [3.05, 3.63) is 89.7 Å². The minimum absolute atomic E-state index is 0.132. The second-order valence-electron chi connectivity index (χ2n) is 7.26. The molecule has 0 unspecified atom stereocenters. The van der Waals surface area contributed by atoms with Crippen LogP contribution in [0.4, 0.5) is 11.5 Å². The normalized spacial score (nSPS) is 12.4. The van der Waals surface area contributed by atoms with Gasteiger partial charge in [0.05, 0.1) is 29.9 Å². The first-order chi connectivity index (χ1) is 14.7. The largest absolute Gasteiger partial charge is 0.491 e. The molecule has 1 amide bonds. The van der Waals surface area contributed by atoms with Gasteiger partial charge in [-0.3, -0.25) is 9.78 Å². The highest BCUT2D eigenvalue weighted by atomic mass is 16.5. The molecular weight excluding hydrogens is 376 g/mol. The zero-order valence-corrected chi connectivity index (χ0v) is 16.3. The summed E-state index contributed by atoms with van der Waals surface area (Å²) in [6, 6.07) is 19.2. The van der Waals surface area contributed by atoms with Gasteiger partial charge in [-0.15, -0.1) is 0 Å². The fourth-order valence-corrected chi connectivity index (χ4v) is 3.78. The van der Waals surface area contributed by atoms with Gasteiger partial charge in [-0.25, -0.2) is 4.98 Å². The maximum Gasteiger partial charge on any atom is 0.260 e. The summed E-state index contributed by atoms with van der Waals surface area (Å²) in [6.45, 7) is 1.00. The monoisotopic (exact) mass is 396 g/mol. The Hall–Kier alpha value is -3.93. The van der Waals surface area contributed by atoms with Crippen LogP contribution >= 0.6 is 0 Å². The number of hydrogen-bond acceptors (Lipinski definition) is 5. The van der Waals surface area contributed by atoms with E-state index in [2.05, 4.69) is 9.97 Å². The van der Waals surface area contributed by atoms with Gasteiger partial charge in [0.2, 0.25) is 0 Å². The second-order valence-corrected chi connectivity index (χ2v) is 7.26. The Morgan fingerprint density at radius 2 is 2.00 bits per heavy atom. The molecule has 0 saturated heterocycles. The lowest BCUT2D eigenvalue weighted by atomic mass is 10.1. The van der Waals surface area contributed by atoms with Gasteiger partial charge in [0.15, 0.2) is 0 Å². The lowest BCUT2D eigenvalue weighted by Crippen LogP contribution is -2.30. The molecule has 3 heterocycles. The number of pyridine rings is 2. The molecule has 148 valence electrons. The van der Waals surface area contributed by atoms with Crippen molar-refractivity contribution >= 4 is 28.3 Å². The number of carbonyl (C=O) groups excluding carboxylic acids is 1. The minimum Gasteiger partial charge on any atom is -0.491 e. The van der Waals surface area contributed by atoms with E-state index >= 15 is 0 Å². The molecule has 5 rings (SSSR count). The Labute approximate surface area is 173 Å². The van der Waals surface area contributed by atoms with Crippen molar-refractivity contribution in [1.82, 2.24) is 9.97 Å². The van der Waals surface area contributed by atoms with E-state index in [-0.39, 0.29) is 5.91 Å². The van der Waals surface area contributed by atoms with Crippen LogP contribution in [0.1, 0.15) is 21.5 Å². The topological polar surface area (TPSA) is 81.3 Å². The Kier molecular flexibility index (Phi) is 4.52. The van der Waals surface area contributed by atoms with Crippen molar-refractivity contribution in [2.75, 3.05) is 17.2 Å². The van der Waals surface area contributed by atoms with Crippen molar-refractivity contribution in [3.8, 4) is 5.75 Å². The number of fused-ring (bicyclic) bond motifs is 2. The zero-order chi connectivity index (χ0) is 20.5. The van der Waals surface area contributed by atoms with Crippen molar-refractivity contribution in [2.45, 2.75) is 13.0 Å². The van der Waals surface area contributed by atoms with E-state index in [4.69, 9.17) is 10.5 Å². The Bertz CT molecular complexity index is 1240. The molecule has 0 spiro atoms. The first kappa shape index (κ1) is 18.1. The van der Waals surface area contributed by atoms with Crippen LogP contribution in [0.5, 0.6) is 5.75 Å². The van der Waals surface area contributed by atoms with Gasteiger partial charge in [-0.05, 0) is 47.5 Å². The van der Waals surface area contributed by atoms with Gasteiger partial charge in [0.1, 0.15) is 11.6 Å². The molecule has 6 nitrogen and oxygen atoms in total. The number of nitrogens with zero attached hydrogens (tertiary/aromatic N) is 3. The van der Waals surface area contributed by atoms with Gasteiger partial charge < -0.3 is 15.4 Å². The average Bonchev–Trinajstić information content (AvgIpc) is 3.26. The molecule has 0 atom stereocenters. The summed E-state index contributed by atoms with van der Waals surface area (Å²) in [5.41, 5.74) is 10.0. The van der Waals surface area contributed by atoms with Crippen molar-refractivity contribution in [1.29, 1.82) is 0 Å². The van der Waals surface area contributed by atoms with Crippen LogP contribution in [-0.2, 0) is 13.0 Å². The van der Waals surface area contributed by atoms with Gasteiger partial charge in [-0.2, -0.15) is 0 Å². The summed E-state index contributed by atoms with van der Waals surface area (Å²) in [7, 11) is 0. The SMILES string of the molecule is Nc1ccc2ccc(CN(C(=O)c3cccnc3)c3cccc4c3OCC4)cc2n1. The lowest BCUT2D eigenvalue weighted by molar-refractivity contribution is 0.0984. The van der Waals surface area contributed by atoms with E-state index in [0.29, 0.717) is 24.5 Å². The average molecular weight is 396 g/mol. The minimum atomic E-state index is -0.132. The van der Waals surface area contributed by atoms with Crippen LogP contribution in [0.15, 0.2) is 73.1 Å². The van der Waals surface area contributed by atoms with Crippen LogP contribution in [0, 0.1) is 0 Å². The number of nitrogen functional groups attached to an aromatic ring is 1. The molecular formula is C24H20N4O2. The molecule has 2 aromatic heterocycles. The van der Waals surface area contributed by atoms with E-state index in [1.807, 2.05) is 42.5 Å². The maximum atomic E-state index is 13.5. The summed E-state index contributed by atoms with van der Waals surface area (Å²) in [5, 5.41) is 1.00. The molecule has 6 heteroatoms. The van der Waals surface area contributed by atoms with Crippen molar-refractivity contribution < 1.29 is 9.53 Å². The van der Waals surface area contributed by atoms with Gasteiger partial charge in [0.25, 0.3) is 5.91 Å². The lowest BCUT2D eigenvalue weighted by Gasteiger charge is -2.25.